The van der Waals surface area contributed by atoms with Gasteiger partial charge in [0.15, 0.2) is 0 Å². The molecule has 0 bridgehead atoms. The lowest BCUT2D eigenvalue weighted by molar-refractivity contribution is -0.383. The Hall–Kier alpha value is -1.91. The highest BCUT2D eigenvalue weighted by Crippen LogP contribution is 2.37. The summed E-state index contributed by atoms with van der Waals surface area (Å²) < 4.78 is 0. The molecule has 72 valence electrons. The summed E-state index contributed by atoms with van der Waals surface area (Å²) in [6.07, 6.45) is 0.808. The largest absolute Gasteiger partial charge is 0.378 e. The topological polar surface area (TPSA) is 72.2 Å². The maximum atomic E-state index is 10.6. The van der Waals surface area contributed by atoms with Crippen molar-refractivity contribution in [1.82, 2.24) is 0 Å². The van der Waals surface area contributed by atoms with Crippen LogP contribution in [0.2, 0.25) is 0 Å². The number of nitrogens with one attached hydrogen (secondary N) is 1. The van der Waals surface area contributed by atoms with Gasteiger partial charge in [-0.3, -0.25) is 10.1 Å². The third kappa shape index (κ3) is 1.14. The van der Waals surface area contributed by atoms with E-state index in [1.165, 1.54) is 6.07 Å². The molecule has 0 amide bonds. The molecule has 0 saturated heterocycles. The molecule has 1 aromatic carbocycles. The first-order valence-electron chi connectivity index (χ1n) is 4.20. The molecule has 1 atom stereocenters. The van der Waals surface area contributed by atoms with Crippen molar-refractivity contribution in [2.24, 2.45) is 0 Å². The van der Waals surface area contributed by atoms with Crippen molar-refractivity contribution in [1.29, 1.82) is 0 Å². The van der Waals surface area contributed by atoms with E-state index < -0.39 is 4.92 Å². The first kappa shape index (κ1) is 8.68. The number of rotatable bonds is 2. The van der Waals surface area contributed by atoms with Crippen LogP contribution in [-0.4, -0.2) is 17.8 Å². The Morgan fingerprint density at radius 1 is 1.57 bits per heavy atom. The minimum absolute atomic E-state index is 0.0341. The van der Waals surface area contributed by atoms with E-state index in [4.69, 9.17) is 0 Å². The second-order valence-corrected chi connectivity index (χ2v) is 3.12. The van der Waals surface area contributed by atoms with Crippen LogP contribution < -0.4 is 5.32 Å². The molecule has 0 saturated carbocycles. The quantitative estimate of drug-likeness (QED) is 0.435. The minimum Gasteiger partial charge on any atom is -0.378 e. The second-order valence-electron chi connectivity index (χ2n) is 3.12. The number of benzene rings is 1. The molecule has 0 aliphatic carbocycles. The Kier molecular flexibility index (Phi) is 1.92. The molecule has 2 rings (SSSR count). The van der Waals surface area contributed by atoms with E-state index in [1.54, 1.807) is 12.1 Å². The number of nitro benzene ring substituents is 1. The smallest absolute Gasteiger partial charge is 0.292 e. The Morgan fingerprint density at radius 2 is 2.36 bits per heavy atom. The molecule has 1 aromatic rings. The molecule has 1 heterocycles. The van der Waals surface area contributed by atoms with E-state index in [-0.39, 0.29) is 11.6 Å². The van der Waals surface area contributed by atoms with E-state index in [0.29, 0.717) is 17.8 Å². The number of hydrogen-bond acceptors (Lipinski definition) is 4. The van der Waals surface area contributed by atoms with Crippen molar-refractivity contribution in [3.05, 3.63) is 33.9 Å². The number of carbonyl (C=O) groups is 1. The van der Waals surface area contributed by atoms with Gasteiger partial charge in [-0.2, -0.15) is 0 Å². The van der Waals surface area contributed by atoms with Crippen molar-refractivity contribution < 1.29 is 9.72 Å². The van der Waals surface area contributed by atoms with Gasteiger partial charge in [-0.15, -0.1) is 0 Å². The van der Waals surface area contributed by atoms with Crippen LogP contribution in [0.4, 0.5) is 11.4 Å². The Bertz CT molecular complexity index is 403. The highest BCUT2D eigenvalue weighted by atomic mass is 16.6. The van der Waals surface area contributed by atoms with Crippen LogP contribution in [0.15, 0.2) is 18.2 Å². The molecule has 1 aliphatic heterocycles. The fourth-order valence-corrected chi connectivity index (χ4v) is 1.65. The summed E-state index contributed by atoms with van der Waals surface area (Å²) >= 11 is 0. The molecular weight excluding hydrogens is 184 g/mol. The summed E-state index contributed by atoms with van der Waals surface area (Å²) in [6, 6.07) is 4.76. The summed E-state index contributed by atoms with van der Waals surface area (Å²) in [5, 5.41) is 13.5. The van der Waals surface area contributed by atoms with E-state index in [9.17, 15) is 14.9 Å². The predicted octanol–water partition coefficient (Wildman–Crippen LogP) is 1.30. The molecule has 14 heavy (non-hydrogen) atoms. The Balaban J connectivity index is 2.55. The van der Waals surface area contributed by atoms with E-state index in [0.717, 1.165) is 6.29 Å². The molecule has 0 radical (unpaired) electrons. The Labute approximate surface area is 79.9 Å². The van der Waals surface area contributed by atoms with Crippen LogP contribution in [0.5, 0.6) is 0 Å². The fourth-order valence-electron chi connectivity index (χ4n) is 1.65. The van der Waals surface area contributed by atoms with E-state index in [2.05, 4.69) is 5.32 Å². The van der Waals surface area contributed by atoms with Crippen molar-refractivity contribution in [3.8, 4) is 0 Å². The fraction of sp³-hybridized carbons (Fsp3) is 0.222. The number of nitrogens with zero attached hydrogens (tertiary/aromatic N) is 1. The van der Waals surface area contributed by atoms with Crippen LogP contribution in [0.3, 0.4) is 0 Å². The minimum atomic E-state index is -0.445. The van der Waals surface area contributed by atoms with E-state index in [1.807, 2.05) is 0 Å². The number of aldehydes is 1. The zero-order valence-corrected chi connectivity index (χ0v) is 7.27. The maximum Gasteiger partial charge on any atom is 0.292 e. The van der Waals surface area contributed by atoms with Crippen molar-refractivity contribution in [2.45, 2.75) is 5.92 Å². The highest BCUT2D eigenvalue weighted by Gasteiger charge is 2.27. The molecule has 0 fully saturated rings. The third-order valence-electron chi connectivity index (χ3n) is 2.33. The van der Waals surface area contributed by atoms with Crippen LogP contribution in [0.25, 0.3) is 0 Å². The van der Waals surface area contributed by atoms with Crippen LogP contribution in [0.1, 0.15) is 11.5 Å². The summed E-state index contributed by atoms with van der Waals surface area (Å²) in [7, 11) is 0. The lowest BCUT2D eigenvalue weighted by Gasteiger charge is -2.00. The van der Waals surface area contributed by atoms with Gasteiger partial charge in [-0.05, 0) is 5.56 Å². The highest BCUT2D eigenvalue weighted by molar-refractivity contribution is 5.78. The van der Waals surface area contributed by atoms with Crippen molar-refractivity contribution >= 4 is 17.7 Å². The van der Waals surface area contributed by atoms with Crippen molar-refractivity contribution in [2.75, 3.05) is 11.9 Å². The second kappa shape index (κ2) is 3.10. The monoisotopic (exact) mass is 192 g/mol. The number of nitro groups is 1. The molecule has 5 nitrogen and oxygen atoms in total. The first-order chi connectivity index (χ1) is 6.74. The number of fused-ring (bicyclic) bond motifs is 1. The van der Waals surface area contributed by atoms with E-state index >= 15 is 0 Å². The lowest BCUT2D eigenvalue weighted by atomic mass is 10.0. The zero-order chi connectivity index (χ0) is 10.1. The average Bonchev–Trinajstić information content (AvgIpc) is 2.59. The van der Waals surface area contributed by atoms with Gasteiger partial charge in [-0.1, -0.05) is 12.1 Å². The molecule has 0 aromatic heterocycles. The number of anilines is 1. The number of para-hydroxylation sites is 1. The van der Waals surface area contributed by atoms with Gasteiger partial charge in [0.25, 0.3) is 5.69 Å². The Morgan fingerprint density at radius 3 is 3.00 bits per heavy atom. The standard InChI is InChI=1S/C9H8N2O3/c12-5-6-4-10-9-7(6)2-1-3-8(9)11(13)14/h1-3,5-6,10H,4H2/t6-/m0/s1. The molecule has 0 spiro atoms. The van der Waals surface area contributed by atoms with Gasteiger partial charge < -0.3 is 10.1 Å². The third-order valence-corrected chi connectivity index (χ3v) is 2.33. The van der Waals surface area contributed by atoms with Gasteiger partial charge in [-0.25, -0.2) is 0 Å². The summed E-state index contributed by atoms with van der Waals surface area (Å²) in [5.41, 5.74) is 1.23. The zero-order valence-electron chi connectivity index (χ0n) is 7.27. The van der Waals surface area contributed by atoms with Gasteiger partial charge >= 0.3 is 0 Å². The molecule has 1 N–H and O–H groups in total. The summed E-state index contributed by atoms with van der Waals surface area (Å²) in [5.74, 6) is -0.259. The van der Waals surface area contributed by atoms with Gasteiger partial charge in [0, 0.05) is 12.6 Å². The first-order valence-corrected chi connectivity index (χ1v) is 4.20. The maximum absolute atomic E-state index is 10.6. The molecule has 1 aliphatic rings. The predicted molar refractivity (Wildman–Crippen MR) is 50.4 cm³/mol. The lowest BCUT2D eigenvalue weighted by Crippen LogP contribution is -2.02. The van der Waals surface area contributed by atoms with Gasteiger partial charge in [0.2, 0.25) is 0 Å². The molecule has 0 unspecified atom stereocenters. The van der Waals surface area contributed by atoms with Crippen molar-refractivity contribution in [3.63, 3.8) is 0 Å². The summed E-state index contributed by atoms with van der Waals surface area (Å²) in [4.78, 5) is 20.8. The van der Waals surface area contributed by atoms with Crippen LogP contribution in [-0.2, 0) is 4.79 Å². The SMILES string of the molecule is O=C[C@@H]1CNc2c1cccc2[N+](=O)[O-]. The summed E-state index contributed by atoms with van der Waals surface area (Å²) in [6.45, 7) is 0.448. The number of carbonyl (C=O) groups excluding carboxylic acids is 1. The normalized spacial score (nSPS) is 18.4. The van der Waals surface area contributed by atoms with Crippen LogP contribution in [0, 0.1) is 10.1 Å². The molecule has 5 heteroatoms. The number of hydrogen-bond donors (Lipinski definition) is 1. The van der Waals surface area contributed by atoms with Gasteiger partial charge in [0.05, 0.1) is 10.8 Å². The van der Waals surface area contributed by atoms with Gasteiger partial charge in [0.1, 0.15) is 12.0 Å². The molecular formula is C9H8N2O3. The van der Waals surface area contributed by atoms with Crippen LogP contribution >= 0.6 is 0 Å². The average molecular weight is 192 g/mol.